The lowest BCUT2D eigenvalue weighted by molar-refractivity contribution is -0.138. The van der Waals surface area contributed by atoms with Crippen LogP contribution in [0.1, 0.15) is 74.8 Å². The summed E-state index contributed by atoms with van der Waals surface area (Å²) in [6.07, 6.45) is 3.40. The molecular formula is C31H44FN7O6. The van der Waals surface area contributed by atoms with Gasteiger partial charge in [-0.15, -0.1) is 0 Å². The molecular weight excluding hydrogens is 585 g/mol. The summed E-state index contributed by atoms with van der Waals surface area (Å²) in [5.74, 6) is -2.79. The molecule has 4 rings (SSSR count). The Kier molecular flexibility index (Phi) is 11.5. The third-order valence-corrected chi connectivity index (χ3v) is 8.96. The van der Waals surface area contributed by atoms with E-state index in [0.29, 0.717) is 37.4 Å². The highest BCUT2D eigenvalue weighted by Gasteiger charge is 2.36. The van der Waals surface area contributed by atoms with Crippen molar-refractivity contribution in [1.29, 1.82) is 0 Å². The molecule has 1 saturated carbocycles. The van der Waals surface area contributed by atoms with Crippen molar-refractivity contribution in [1.82, 2.24) is 30.7 Å². The minimum absolute atomic E-state index is 0.0698. The van der Waals surface area contributed by atoms with E-state index in [-0.39, 0.29) is 41.4 Å². The van der Waals surface area contributed by atoms with Crippen LogP contribution in [0.4, 0.5) is 10.1 Å². The highest BCUT2D eigenvalue weighted by atomic mass is 19.1. The highest BCUT2D eigenvalue weighted by molar-refractivity contribution is 6.01. The lowest BCUT2D eigenvalue weighted by Crippen LogP contribution is -2.55. The van der Waals surface area contributed by atoms with Crippen molar-refractivity contribution in [2.45, 2.75) is 70.9 Å². The summed E-state index contributed by atoms with van der Waals surface area (Å²) >= 11 is 0. The van der Waals surface area contributed by atoms with Gasteiger partial charge in [0.05, 0.1) is 12.8 Å². The molecule has 0 spiro atoms. The second-order valence-corrected chi connectivity index (χ2v) is 12.1. The van der Waals surface area contributed by atoms with Gasteiger partial charge in [0, 0.05) is 38.5 Å². The fraction of sp³-hybridized carbons (Fsp3) is 0.613. The number of carbonyl (C=O) groups is 4. The summed E-state index contributed by atoms with van der Waals surface area (Å²) in [6.45, 7) is 8.14. The van der Waals surface area contributed by atoms with Gasteiger partial charge < -0.3 is 30.5 Å². The van der Waals surface area contributed by atoms with Gasteiger partial charge in [-0.1, -0.05) is 39.7 Å². The van der Waals surface area contributed by atoms with Crippen LogP contribution >= 0.6 is 0 Å². The van der Waals surface area contributed by atoms with Crippen LogP contribution in [0.25, 0.3) is 0 Å². The van der Waals surface area contributed by atoms with Crippen molar-refractivity contribution in [2.75, 3.05) is 45.7 Å². The van der Waals surface area contributed by atoms with Gasteiger partial charge in [-0.25, -0.2) is 9.02 Å². The Morgan fingerprint density at radius 2 is 1.76 bits per heavy atom. The first-order valence-corrected chi connectivity index (χ1v) is 15.6. The first-order chi connectivity index (χ1) is 21.5. The van der Waals surface area contributed by atoms with Gasteiger partial charge in [0.2, 0.25) is 23.4 Å². The summed E-state index contributed by atoms with van der Waals surface area (Å²) in [5.41, 5.74) is 0.227. The normalized spacial score (nSPS) is 20.9. The average molecular weight is 630 g/mol. The highest BCUT2D eigenvalue weighted by Crippen LogP contribution is 2.32. The number of amides is 4. The Labute approximate surface area is 262 Å². The maximum atomic E-state index is 15.6. The maximum Gasteiger partial charge on any atom is 0.288 e. The number of methoxy groups -OCH3 is 1. The number of rotatable bonds is 11. The summed E-state index contributed by atoms with van der Waals surface area (Å²) in [4.78, 5) is 56.4. The number of nitrogens with zero attached hydrogens (tertiary/aromatic N) is 4. The number of nitrogens with one attached hydrogen (secondary N) is 3. The molecule has 246 valence electrons. The number of piperazine rings is 1. The zero-order valence-corrected chi connectivity index (χ0v) is 26.6. The van der Waals surface area contributed by atoms with E-state index in [2.05, 4.69) is 42.7 Å². The van der Waals surface area contributed by atoms with E-state index < -0.39 is 35.6 Å². The number of carbonyl (C=O) groups excluding carboxylic acids is 4. The van der Waals surface area contributed by atoms with Crippen molar-refractivity contribution >= 4 is 29.3 Å². The number of anilines is 1. The molecule has 0 bridgehead atoms. The number of ether oxygens (including phenoxy) is 1. The molecule has 0 radical (unpaired) electrons. The first-order valence-electron chi connectivity index (χ1n) is 15.6. The third-order valence-electron chi connectivity index (χ3n) is 8.96. The van der Waals surface area contributed by atoms with Crippen molar-refractivity contribution in [2.24, 2.45) is 11.8 Å². The zero-order chi connectivity index (χ0) is 32.7. The second-order valence-electron chi connectivity index (χ2n) is 12.1. The van der Waals surface area contributed by atoms with Crippen LogP contribution in [0, 0.1) is 17.7 Å². The number of aromatic nitrogens is 2. The van der Waals surface area contributed by atoms with Crippen LogP contribution in [0.5, 0.6) is 5.88 Å². The molecule has 3 atom stereocenters. The second kappa shape index (κ2) is 15.3. The Bertz CT molecular complexity index is 1350. The van der Waals surface area contributed by atoms with E-state index >= 15 is 4.39 Å². The molecule has 2 fully saturated rings. The molecule has 3 N–H and O–H groups in total. The largest absolute Gasteiger partial charge is 0.477 e. The standard InChI is InChI=1S/C31H44FN7O6/c1-6-24(40)34-25(31(43)39-15-13-38(4)14-16-39)19(3)21-11-12-23(22(32)17-21)33-28(41)26(20-9-7-18(2)8-10-20)35-29(42)27-30(44-5)37-45-36-27/h11-12,17-20,25-26H,6-10,13-16H2,1-5H3,(H,33,41)(H,34,40)(H,35,42)/t18?,19-,20?,25+,26-/m0/s1. The minimum Gasteiger partial charge on any atom is -0.477 e. The topological polar surface area (TPSA) is 159 Å². The van der Waals surface area contributed by atoms with Gasteiger partial charge in [-0.05, 0) is 59.7 Å². The predicted octanol–water partition coefficient (Wildman–Crippen LogP) is 2.55. The number of hydrogen-bond acceptors (Lipinski definition) is 9. The smallest absolute Gasteiger partial charge is 0.288 e. The van der Waals surface area contributed by atoms with E-state index in [1.54, 1.807) is 24.8 Å². The first kappa shape index (κ1) is 33.8. The Morgan fingerprint density at radius 1 is 1.07 bits per heavy atom. The van der Waals surface area contributed by atoms with Crippen LogP contribution in [-0.4, -0.2) is 96.2 Å². The van der Waals surface area contributed by atoms with Gasteiger partial charge in [-0.2, -0.15) is 0 Å². The lowest BCUT2D eigenvalue weighted by Gasteiger charge is -2.36. The molecule has 0 unspecified atom stereocenters. The molecule has 1 aromatic carbocycles. The minimum atomic E-state index is -0.973. The quantitative estimate of drug-likeness (QED) is 0.340. The van der Waals surface area contributed by atoms with Crippen molar-refractivity contribution in [3.63, 3.8) is 0 Å². The molecule has 13 nitrogen and oxygen atoms in total. The van der Waals surface area contributed by atoms with Crippen molar-refractivity contribution in [3.8, 4) is 5.88 Å². The van der Waals surface area contributed by atoms with Gasteiger partial charge >= 0.3 is 0 Å². The summed E-state index contributed by atoms with van der Waals surface area (Å²) in [7, 11) is 3.31. The van der Waals surface area contributed by atoms with Gasteiger partial charge in [0.25, 0.3) is 11.8 Å². The van der Waals surface area contributed by atoms with Gasteiger partial charge in [0.15, 0.2) is 0 Å². The van der Waals surface area contributed by atoms with Gasteiger partial charge in [-0.3, -0.25) is 19.2 Å². The molecule has 45 heavy (non-hydrogen) atoms. The summed E-state index contributed by atoms with van der Waals surface area (Å²) in [5, 5.41) is 15.3. The van der Waals surface area contributed by atoms with Crippen LogP contribution < -0.4 is 20.7 Å². The zero-order valence-electron chi connectivity index (χ0n) is 26.6. The van der Waals surface area contributed by atoms with E-state index in [1.807, 2.05) is 7.05 Å². The molecule has 1 aliphatic carbocycles. The Balaban J connectivity index is 1.52. The fourth-order valence-corrected chi connectivity index (χ4v) is 5.90. The molecule has 1 aromatic heterocycles. The Hall–Kier alpha value is -4.07. The number of benzene rings is 1. The van der Waals surface area contributed by atoms with E-state index in [9.17, 15) is 19.2 Å². The average Bonchev–Trinajstić information content (AvgIpc) is 3.53. The molecule has 14 heteroatoms. The molecule has 2 aromatic rings. The maximum absolute atomic E-state index is 15.6. The summed E-state index contributed by atoms with van der Waals surface area (Å²) in [6, 6.07) is 2.49. The van der Waals surface area contributed by atoms with E-state index in [0.717, 1.165) is 25.9 Å². The molecule has 2 heterocycles. The number of hydrogen-bond donors (Lipinski definition) is 3. The summed E-state index contributed by atoms with van der Waals surface area (Å²) < 4.78 is 25.2. The van der Waals surface area contributed by atoms with Gasteiger partial charge in [0.1, 0.15) is 17.9 Å². The van der Waals surface area contributed by atoms with Crippen LogP contribution in [-0.2, 0) is 14.4 Å². The molecule has 4 amide bonds. The number of halogens is 1. The lowest BCUT2D eigenvalue weighted by atomic mass is 9.79. The molecule has 2 aliphatic rings. The van der Waals surface area contributed by atoms with Crippen molar-refractivity contribution < 1.29 is 32.9 Å². The molecule has 1 saturated heterocycles. The predicted molar refractivity (Wildman–Crippen MR) is 163 cm³/mol. The Morgan fingerprint density at radius 3 is 2.38 bits per heavy atom. The number of likely N-dealkylation sites (N-methyl/N-ethyl adjacent to an activating group) is 1. The monoisotopic (exact) mass is 629 g/mol. The van der Waals surface area contributed by atoms with Crippen LogP contribution in [0.15, 0.2) is 22.8 Å². The van der Waals surface area contributed by atoms with E-state index in [1.165, 1.54) is 19.2 Å². The molecule has 1 aliphatic heterocycles. The SMILES string of the molecule is CCC(=O)N[C@@H](C(=O)N1CCN(C)CC1)[C@@H](C)c1ccc(NC(=O)[C@@H](NC(=O)c2nonc2OC)C2CCC(C)CC2)c(F)c1. The van der Waals surface area contributed by atoms with Crippen LogP contribution in [0.3, 0.4) is 0 Å². The fourth-order valence-electron chi connectivity index (χ4n) is 5.90. The third kappa shape index (κ3) is 8.35. The van der Waals surface area contributed by atoms with Crippen molar-refractivity contribution in [3.05, 3.63) is 35.3 Å². The van der Waals surface area contributed by atoms with Crippen LogP contribution in [0.2, 0.25) is 0 Å². The van der Waals surface area contributed by atoms with E-state index in [4.69, 9.17) is 4.74 Å².